The molecule has 2 aromatic heterocycles. The minimum Gasteiger partial charge on any atom is -0.304 e. The molecule has 6 nitrogen and oxygen atoms in total. The summed E-state index contributed by atoms with van der Waals surface area (Å²) in [6.07, 6.45) is 1.68. The Labute approximate surface area is 119 Å². The zero-order valence-corrected chi connectivity index (χ0v) is 11.7. The van der Waals surface area contributed by atoms with Gasteiger partial charge in [-0.3, -0.25) is 9.89 Å². The van der Waals surface area contributed by atoms with Gasteiger partial charge < -0.3 is 5.32 Å². The van der Waals surface area contributed by atoms with Crippen LogP contribution in [0.25, 0.3) is 10.9 Å². The third-order valence-electron chi connectivity index (χ3n) is 2.95. The quantitative estimate of drug-likeness (QED) is 0.772. The number of H-pyrrole nitrogens is 1. The molecule has 3 aromatic rings. The molecular formula is C13H13N5OS. The predicted octanol–water partition coefficient (Wildman–Crippen LogP) is 2.62. The first-order chi connectivity index (χ1) is 9.79. The smallest absolute Gasteiger partial charge is 0.270 e. The Bertz CT molecular complexity index is 748. The number of aromatic amines is 1. The molecule has 0 radical (unpaired) electrons. The van der Waals surface area contributed by atoms with Gasteiger partial charge in [-0.2, -0.15) is 5.10 Å². The van der Waals surface area contributed by atoms with Crippen molar-refractivity contribution in [1.82, 2.24) is 19.8 Å². The van der Waals surface area contributed by atoms with Gasteiger partial charge in [0.05, 0.1) is 11.2 Å². The minimum atomic E-state index is -0.208. The van der Waals surface area contributed by atoms with E-state index >= 15 is 0 Å². The van der Waals surface area contributed by atoms with E-state index in [4.69, 9.17) is 0 Å². The summed E-state index contributed by atoms with van der Waals surface area (Å²) in [6, 6.07) is 7.64. The lowest BCUT2D eigenvalue weighted by atomic mass is 10.2. The summed E-state index contributed by atoms with van der Waals surface area (Å²) >= 11 is 1.11. The zero-order valence-electron chi connectivity index (χ0n) is 10.9. The number of fused-ring (bicyclic) bond motifs is 1. The van der Waals surface area contributed by atoms with E-state index in [9.17, 15) is 4.79 Å². The van der Waals surface area contributed by atoms with Crippen LogP contribution < -0.4 is 5.32 Å². The lowest BCUT2D eigenvalue weighted by Gasteiger charge is -2.01. The fraction of sp³-hybridized carbons (Fsp3) is 0.231. The van der Waals surface area contributed by atoms with E-state index in [1.165, 1.54) is 0 Å². The summed E-state index contributed by atoms with van der Waals surface area (Å²) in [6.45, 7) is 2.04. The Kier molecular flexibility index (Phi) is 3.42. The molecule has 0 saturated heterocycles. The van der Waals surface area contributed by atoms with Crippen molar-refractivity contribution < 1.29 is 4.79 Å². The molecule has 2 heterocycles. The molecular weight excluding hydrogens is 274 g/mol. The van der Waals surface area contributed by atoms with Crippen LogP contribution in [-0.4, -0.2) is 25.7 Å². The van der Waals surface area contributed by atoms with Gasteiger partial charge in [0.2, 0.25) is 0 Å². The molecule has 0 atom stereocenters. The van der Waals surface area contributed by atoms with Crippen molar-refractivity contribution in [3.8, 4) is 0 Å². The van der Waals surface area contributed by atoms with E-state index in [2.05, 4.69) is 25.1 Å². The van der Waals surface area contributed by atoms with Gasteiger partial charge >= 0.3 is 0 Å². The highest BCUT2D eigenvalue weighted by Gasteiger charge is 2.17. The van der Waals surface area contributed by atoms with Crippen LogP contribution in [0.1, 0.15) is 28.7 Å². The van der Waals surface area contributed by atoms with Crippen LogP contribution in [0.2, 0.25) is 0 Å². The van der Waals surface area contributed by atoms with Gasteiger partial charge in [-0.25, -0.2) is 0 Å². The summed E-state index contributed by atoms with van der Waals surface area (Å²) < 4.78 is 3.86. The number of para-hydroxylation sites is 1. The number of hydrogen-bond donors (Lipinski definition) is 2. The van der Waals surface area contributed by atoms with Gasteiger partial charge in [-0.05, 0) is 30.1 Å². The third kappa shape index (κ3) is 2.27. The number of nitrogens with zero attached hydrogens (tertiary/aromatic N) is 3. The van der Waals surface area contributed by atoms with Crippen LogP contribution in [0.4, 0.5) is 5.82 Å². The molecule has 3 rings (SSSR count). The van der Waals surface area contributed by atoms with Crippen LogP contribution in [0.3, 0.4) is 0 Å². The largest absolute Gasteiger partial charge is 0.304 e. The number of aryl methyl sites for hydroxylation is 1. The second-order valence-electron chi connectivity index (χ2n) is 4.37. The fourth-order valence-corrected chi connectivity index (χ4v) is 2.61. The van der Waals surface area contributed by atoms with Crippen LogP contribution in [0.15, 0.2) is 24.3 Å². The highest BCUT2D eigenvalue weighted by Crippen LogP contribution is 2.21. The first kappa shape index (κ1) is 12.7. The van der Waals surface area contributed by atoms with Gasteiger partial charge in [0, 0.05) is 5.39 Å². The molecule has 0 aliphatic heterocycles. The monoisotopic (exact) mass is 287 g/mol. The summed E-state index contributed by atoms with van der Waals surface area (Å²) in [7, 11) is 0. The van der Waals surface area contributed by atoms with Crippen LogP contribution in [0, 0.1) is 0 Å². The number of hydrogen-bond acceptors (Lipinski definition) is 5. The standard InChI is InChI=1S/C13H13N5OS/c1-2-5-10-11(20-18-16-10)13(19)14-12-8-6-3-4-7-9(8)15-17-12/h3-4,6-7H,2,5H2,1H3,(H2,14,15,17,19). The Morgan fingerprint density at radius 3 is 3.10 bits per heavy atom. The average Bonchev–Trinajstić information content (AvgIpc) is 3.07. The SMILES string of the molecule is CCCc1nnsc1C(=O)Nc1n[nH]c2ccccc12. The molecule has 102 valence electrons. The van der Waals surface area contributed by atoms with E-state index in [1.807, 2.05) is 31.2 Å². The van der Waals surface area contributed by atoms with Crippen LogP contribution in [0.5, 0.6) is 0 Å². The topological polar surface area (TPSA) is 83.6 Å². The highest BCUT2D eigenvalue weighted by molar-refractivity contribution is 7.08. The number of rotatable bonds is 4. The second-order valence-corrected chi connectivity index (χ2v) is 5.12. The number of carbonyl (C=O) groups excluding carboxylic acids is 1. The molecule has 0 saturated carbocycles. The molecule has 0 aliphatic rings. The predicted molar refractivity (Wildman–Crippen MR) is 78.0 cm³/mol. The van der Waals surface area contributed by atoms with Crippen molar-refractivity contribution in [3.63, 3.8) is 0 Å². The maximum atomic E-state index is 12.3. The van der Waals surface area contributed by atoms with Crippen molar-refractivity contribution in [2.24, 2.45) is 0 Å². The van der Waals surface area contributed by atoms with Crippen molar-refractivity contribution in [1.29, 1.82) is 0 Å². The molecule has 2 N–H and O–H groups in total. The van der Waals surface area contributed by atoms with Crippen LogP contribution >= 0.6 is 11.5 Å². The normalized spacial score (nSPS) is 10.8. The highest BCUT2D eigenvalue weighted by atomic mass is 32.1. The van der Waals surface area contributed by atoms with Crippen LogP contribution in [-0.2, 0) is 6.42 Å². The fourth-order valence-electron chi connectivity index (χ4n) is 2.00. The van der Waals surface area contributed by atoms with Crippen molar-refractivity contribution in [2.45, 2.75) is 19.8 Å². The molecule has 1 aromatic carbocycles. The molecule has 7 heteroatoms. The number of benzene rings is 1. The Balaban J connectivity index is 1.87. The van der Waals surface area contributed by atoms with Gasteiger partial charge in [0.15, 0.2) is 5.82 Å². The minimum absolute atomic E-state index is 0.208. The molecule has 20 heavy (non-hydrogen) atoms. The summed E-state index contributed by atoms with van der Waals surface area (Å²) in [5.74, 6) is 0.321. The van der Waals surface area contributed by atoms with Crippen molar-refractivity contribution in [2.75, 3.05) is 5.32 Å². The van der Waals surface area contributed by atoms with Crippen molar-refractivity contribution >= 4 is 34.2 Å². The lowest BCUT2D eigenvalue weighted by Crippen LogP contribution is -2.13. The Hall–Kier alpha value is -2.28. The van der Waals surface area contributed by atoms with Gasteiger partial charge in [-0.1, -0.05) is 30.0 Å². The van der Waals surface area contributed by atoms with E-state index < -0.39 is 0 Å². The molecule has 0 fully saturated rings. The molecule has 0 spiro atoms. The molecule has 0 unspecified atom stereocenters. The Morgan fingerprint density at radius 2 is 2.25 bits per heavy atom. The van der Waals surface area contributed by atoms with E-state index in [0.29, 0.717) is 10.7 Å². The number of nitrogens with one attached hydrogen (secondary N) is 2. The van der Waals surface area contributed by atoms with E-state index in [0.717, 1.165) is 41.0 Å². The maximum Gasteiger partial charge on any atom is 0.270 e. The third-order valence-corrected chi connectivity index (χ3v) is 3.72. The maximum absolute atomic E-state index is 12.3. The number of anilines is 1. The number of aromatic nitrogens is 4. The van der Waals surface area contributed by atoms with E-state index in [1.54, 1.807) is 0 Å². The summed E-state index contributed by atoms with van der Waals surface area (Å²) in [5.41, 5.74) is 1.63. The second kappa shape index (κ2) is 5.38. The lowest BCUT2D eigenvalue weighted by molar-refractivity contribution is 0.102. The first-order valence-corrected chi connectivity index (χ1v) is 7.12. The molecule has 1 amide bonds. The van der Waals surface area contributed by atoms with Crippen molar-refractivity contribution in [3.05, 3.63) is 34.8 Å². The number of amides is 1. The average molecular weight is 287 g/mol. The Morgan fingerprint density at radius 1 is 1.40 bits per heavy atom. The molecule has 0 bridgehead atoms. The summed E-state index contributed by atoms with van der Waals surface area (Å²) in [4.78, 5) is 12.8. The van der Waals surface area contributed by atoms with Gasteiger partial charge in [-0.15, -0.1) is 5.10 Å². The summed E-state index contributed by atoms with van der Waals surface area (Å²) in [5, 5.41) is 14.7. The van der Waals surface area contributed by atoms with Gasteiger partial charge in [0.25, 0.3) is 5.91 Å². The number of carbonyl (C=O) groups is 1. The first-order valence-electron chi connectivity index (χ1n) is 6.35. The zero-order chi connectivity index (χ0) is 13.9. The van der Waals surface area contributed by atoms with E-state index in [-0.39, 0.29) is 5.91 Å². The van der Waals surface area contributed by atoms with Gasteiger partial charge in [0.1, 0.15) is 4.88 Å². The molecule has 0 aliphatic carbocycles.